The molecule has 1 aromatic heterocycles. The van der Waals surface area contributed by atoms with Crippen LogP contribution in [0.2, 0.25) is 0 Å². The lowest BCUT2D eigenvalue weighted by Gasteiger charge is -2.16. The molecule has 8 nitrogen and oxygen atoms in total. The fraction of sp³-hybridized carbons (Fsp3) is 0.571. The van der Waals surface area contributed by atoms with E-state index in [1.165, 1.54) is 0 Å². The molecule has 3 N–H and O–H groups in total. The molecule has 2 rings (SSSR count). The smallest absolute Gasteiger partial charge is 0.317 e. The van der Waals surface area contributed by atoms with Gasteiger partial charge in [-0.2, -0.15) is 0 Å². The third kappa shape index (κ3) is 3.26. The van der Waals surface area contributed by atoms with Gasteiger partial charge < -0.3 is 19.9 Å². The first kappa shape index (κ1) is 16.0. The van der Waals surface area contributed by atoms with Gasteiger partial charge in [0.25, 0.3) is 0 Å². The van der Waals surface area contributed by atoms with Gasteiger partial charge in [-0.25, -0.2) is 0 Å². The minimum Gasteiger partial charge on any atom is -0.481 e. The standard InChI is InChI=1S/C14H18N2O6/c1-2-7(5-9(13(17)18)14(19)20)12-11(8-3-4-8)10(6-15-21)22-16-12/h6-9,21H,2-5H2,1H3,(H,17,18)(H,19,20)/b15-6-/t7-/m1/s1. The first-order valence-electron chi connectivity index (χ1n) is 7.12. The van der Waals surface area contributed by atoms with Gasteiger partial charge in [0, 0.05) is 11.5 Å². The molecule has 0 aromatic carbocycles. The molecule has 0 amide bonds. The molecule has 0 spiro atoms. The van der Waals surface area contributed by atoms with Crippen molar-refractivity contribution in [3.05, 3.63) is 17.0 Å². The Bertz CT molecular complexity index is 576. The van der Waals surface area contributed by atoms with Gasteiger partial charge in [0.2, 0.25) is 0 Å². The van der Waals surface area contributed by atoms with Crippen LogP contribution in [0, 0.1) is 5.92 Å². The summed E-state index contributed by atoms with van der Waals surface area (Å²) in [5.74, 6) is -3.95. The molecule has 1 heterocycles. The Balaban J connectivity index is 2.31. The van der Waals surface area contributed by atoms with Crippen molar-refractivity contribution in [3.63, 3.8) is 0 Å². The second-order valence-corrected chi connectivity index (χ2v) is 5.43. The molecule has 1 saturated carbocycles. The lowest BCUT2D eigenvalue weighted by molar-refractivity contribution is -0.155. The van der Waals surface area contributed by atoms with E-state index in [1.807, 2.05) is 6.92 Å². The van der Waals surface area contributed by atoms with Crippen molar-refractivity contribution in [1.29, 1.82) is 0 Å². The first-order valence-corrected chi connectivity index (χ1v) is 7.12. The van der Waals surface area contributed by atoms with Crippen molar-refractivity contribution in [2.75, 3.05) is 0 Å². The van der Waals surface area contributed by atoms with Crippen molar-refractivity contribution < 1.29 is 29.5 Å². The van der Waals surface area contributed by atoms with E-state index in [1.54, 1.807) is 0 Å². The SMILES string of the molecule is CC[C@H](CC(C(=O)O)C(=O)O)c1noc(/C=N\O)c1C1CC1. The molecule has 120 valence electrons. The summed E-state index contributed by atoms with van der Waals surface area (Å²) in [6, 6.07) is 0. The van der Waals surface area contributed by atoms with Crippen LogP contribution in [-0.2, 0) is 9.59 Å². The molecule has 1 fully saturated rings. The molecule has 0 aliphatic heterocycles. The summed E-state index contributed by atoms with van der Waals surface area (Å²) >= 11 is 0. The number of carbonyl (C=O) groups is 2. The molecule has 1 aliphatic rings. The summed E-state index contributed by atoms with van der Waals surface area (Å²) < 4.78 is 5.17. The van der Waals surface area contributed by atoms with Crippen molar-refractivity contribution >= 4 is 18.2 Å². The fourth-order valence-corrected chi connectivity index (χ4v) is 2.61. The zero-order valence-electron chi connectivity index (χ0n) is 12.1. The summed E-state index contributed by atoms with van der Waals surface area (Å²) in [5, 5.41) is 33.7. The number of carboxylic acids is 2. The highest BCUT2D eigenvalue weighted by molar-refractivity contribution is 5.92. The van der Waals surface area contributed by atoms with Crippen LogP contribution < -0.4 is 0 Å². The van der Waals surface area contributed by atoms with Gasteiger partial charge >= 0.3 is 11.9 Å². The average molecular weight is 310 g/mol. The van der Waals surface area contributed by atoms with E-state index in [2.05, 4.69) is 10.3 Å². The average Bonchev–Trinajstić information content (AvgIpc) is 3.21. The van der Waals surface area contributed by atoms with Gasteiger partial charge in [0.1, 0.15) is 6.21 Å². The molecular formula is C14H18N2O6. The molecular weight excluding hydrogens is 292 g/mol. The molecule has 1 atom stereocenters. The van der Waals surface area contributed by atoms with Crippen LogP contribution in [0.1, 0.15) is 61.5 Å². The highest BCUT2D eigenvalue weighted by Crippen LogP contribution is 2.46. The van der Waals surface area contributed by atoms with Crippen molar-refractivity contribution in [3.8, 4) is 0 Å². The monoisotopic (exact) mass is 310 g/mol. The van der Waals surface area contributed by atoms with Crippen LogP contribution in [0.4, 0.5) is 0 Å². The van der Waals surface area contributed by atoms with E-state index >= 15 is 0 Å². The third-order valence-corrected chi connectivity index (χ3v) is 3.94. The Morgan fingerprint density at radius 3 is 2.50 bits per heavy atom. The van der Waals surface area contributed by atoms with E-state index in [9.17, 15) is 9.59 Å². The normalized spacial score (nSPS) is 16.3. The number of oxime groups is 1. The second kappa shape index (κ2) is 6.59. The number of nitrogens with zero attached hydrogens (tertiary/aromatic N) is 2. The van der Waals surface area contributed by atoms with Crippen molar-refractivity contribution in [2.24, 2.45) is 11.1 Å². The Labute approximate surface area is 126 Å². The Kier molecular flexibility index (Phi) is 4.79. The van der Waals surface area contributed by atoms with E-state index in [0.717, 1.165) is 24.6 Å². The number of rotatable bonds is 8. The lowest BCUT2D eigenvalue weighted by atomic mass is 9.87. The molecule has 1 aromatic rings. The van der Waals surface area contributed by atoms with Gasteiger partial charge in [-0.3, -0.25) is 9.59 Å². The third-order valence-electron chi connectivity index (χ3n) is 3.94. The molecule has 0 bridgehead atoms. The number of aromatic nitrogens is 1. The van der Waals surface area contributed by atoms with Crippen molar-refractivity contribution in [1.82, 2.24) is 5.16 Å². The maximum Gasteiger partial charge on any atom is 0.317 e. The maximum absolute atomic E-state index is 11.1. The van der Waals surface area contributed by atoms with Crippen LogP contribution in [0.5, 0.6) is 0 Å². The first-order chi connectivity index (χ1) is 10.5. The van der Waals surface area contributed by atoms with E-state index in [-0.39, 0.29) is 18.3 Å². The largest absolute Gasteiger partial charge is 0.481 e. The van der Waals surface area contributed by atoms with Gasteiger partial charge in [-0.15, -0.1) is 0 Å². The van der Waals surface area contributed by atoms with Crippen molar-refractivity contribution in [2.45, 2.75) is 44.4 Å². The van der Waals surface area contributed by atoms with Gasteiger partial charge in [-0.05, 0) is 31.6 Å². The van der Waals surface area contributed by atoms with E-state index in [0.29, 0.717) is 17.9 Å². The molecule has 0 radical (unpaired) electrons. The summed E-state index contributed by atoms with van der Waals surface area (Å²) in [6.45, 7) is 1.84. The maximum atomic E-state index is 11.1. The predicted octanol–water partition coefficient (Wildman–Crippen LogP) is 2.03. The quantitative estimate of drug-likeness (QED) is 0.289. The van der Waals surface area contributed by atoms with Gasteiger partial charge in [0.15, 0.2) is 11.7 Å². The minimum atomic E-state index is -1.48. The predicted molar refractivity (Wildman–Crippen MR) is 74.3 cm³/mol. The summed E-state index contributed by atoms with van der Waals surface area (Å²) in [7, 11) is 0. The Morgan fingerprint density at radius 2 is 2.05 bits per heavy atom. The molecule has 8 heteroatoms. The Morgan fingerprint density at radius 1 is 1.41 bits per heavy atom. The van der Waals surface area contributed by atoms with Crippen LogP contribution in [0.15, 0.2) is 9.68 Å². The number of carboxylic acid groups (broad SMARTS) is 2. The second-order valence-electron chi connectivity index (χ2n) is 5.43. The van der Waals surface area contributed by atoms with E-state index in [4.69, 9.17) is 19.9 Å². The lowest BCUT2D eigenvalue weighted by Crippen LogP contribution is -2.25. The highest BCUT2D eigenvalue weighted by Gasteiger charge is 2.37. The summed E-state index contributed by atoms with van der Waals surface area (Å²) in [5.41, 5.74) is 1.38. The number of hydrogen-bond acceptors (Lipinski definition) is 6. The van der Waals surface area contributed by atoms with Crippen LogP contribution in [-0.4, -0.2) is 38.7 Å². The molecule has 0 unspecified atom stereocenters. The van der Waals surface area contributed by atoms with Crippen LogP contribution in [0.3, 0.4) is 0 Å². The van der Waals surface area contributed by atoms with Gasteiger partial charge in [-0.1, -0.05) is 17.2 Å². The number of aliphatic carboxylic acids is 2. The number of hydrogen-bond donors (Lipinski definition) is 3. The minimum absolute atomic E-state index is 0.0525. The zero-order chi connectivity index (χ0) is 16.3. The summed E-state index contributed by atoms with van der Waals surface area (Å²) in [4.78, 5) is 22.2. The Hall–Kier alpha value is -2.38. The fourth-order valence-electron chi connectivity index (χ4n) is 2.61. The topological polar surface area (TPSA) is 133 Å². The molecule has 22 heavy (non-hydrogen) atoms. The molecule has 1 aliphatic carbocycles. The van der Waals surface area contributed by atoms with Crippen LogP contribution >= 0.6 is 0 Å². The van der Waals surface area contributed by atoms with Gasteiger partial charge in [0.05, 0.1) is 5.69 Å². The highest BCUT2D eigenvalue weighted by atomic mass is 16.5. The molecule has 0 saturated heterocycles. The van der Waals surface area contributed by atoms with E-state index < -0.39 is 17.9 Å². The van der Waals surface area contributed by atoms with Crippen LogP contribution in [0.25, 0.3) is 0 Å². The summed E-state index contributed by atoms with van der Waals surface area (Å²) in [6.07, 6.45) is 3.56. The zero-order valence-corrected chi connectivity index (χ0v) is 12.1.